The smallest absolute Gasteiger partial charge is 0.224 e. The Morgan fingerprint density at radius 1 is 0.233 bits per heavy atom. The highest BCUT2D eigenvalue weighted by Gasteiger charge is 2.36. The molecule has 42 nitrogen and oxygen atoms in total. The molecule has 0 spiro atoms. The zero-order valence-electron chi connectivity index (χ0n) is 59.6. The fraction of sp³-hybridized carbons (Fsp3) is 0.689. The highest BCUT2D eigenvalue weighted by Crippen LogP contribution is 2.23. The van der Waals surface area contributed by atoms with Crippen LogP contribution in [0.5, 0.6) is 0 Å². The van der Waals surface area contributed by atoms with Gasteiger partial charge in [-0.2, -0.15) is 0 Å². The van der Waals surface area contributed by atoms with E-state index in [1.54, 1.807) is 0 Å². The van der Waals surface area contributed by atoms with Crippen molar-refractivity contribution in [3.63, 3.8) is 0 Å². The molecule has 0 saturated carbocycles. The maximum Gasteiger partial charge on any atom is 0.224 e. The quantitative estimate of drug-likeness (QED) is 0.0153. The Labute approximate surface area is 600 Å². The number of rotatable bonds is 58. The number of ketones is 5. The Morgan fingerprint density at radius 2 is 0.388 bits per heavy atom. The first-order chi connectivity index (χ1) is 48.5. The lowest BCUT2D eigenvalue weighted by Gasteiger charge is -2.27. The maximum atomic E-state index is 15.0. The minimum atomic E-state index is -1.40. The fourth-order valence-electron chi connectivity index (χ4n) is 10.6. The molecule has 0 rings (SSSR count). The number of carbonyl (C=O) groups excluding carboxylic acids is 10. The SMILES string of the molecule is CC(=O)N[C@@H](CCCN=C(N)N)C(=O)C[C@@H](CCCN=C(N)N)C(=O)N[C@@H](CCCN=C(N)N)C(=O)C[C@@H](CCCN=C(N)N)C(=O)N[C@@H](CCCN=C(N)N)C(=O)C[C@@H](CCCN=C(N)N)C(=O)N[C@@H](CCCN=C(N)N)C(=O)C[C@@H](CCCN=C(N)N)C(=O)N[C@@H](CCCN=C(N)N)C(C)=O. The van der Waals surface area contributed by atoms with Gasteiger partial charge in [-0.25, -0.2) is 0 Å². The number of amides is 5. The standard InChI is InChI=1S/C61H118N32O10/c1-34(94)40(16-7-25-84-57(70)71)90-49(100)36(12-3-21-80-53(62)63)31-46(97)42(18-9-27-86-59(74)75)92-51(102)38(14-5-23-82-55(66)67)33-48(99)44(20-11-29-88-61(78)79)93-52(103)39(15-6-24-83-56(68)69)32-47(98)43(19-10-28-87-60(76)77)91-50(101)37(13-4-22-81-54(64)65)30-45(96)41(89-35(2)95)17-8-26-85-58(72)73/h36-44H,3-33H2,1-2H3,(H,89,95)(H,90,100)(H,91,101)(H,92,102)(H,93,103)(H4,62,63,80)(H4,64,65,81)(H4,66,67,82)(H4,68,69,83)(H4,70,71,84)(H4,72,73,85)(H4,74,75,86)(H4,76,77,87)(H4,78,79,88)/t36-,37-,38-,39-,40+,41+,42+,43+,44+/m1/s1. The molecule has 9 atom stereocenters. The number of nitrogens with zero attached hydrogens (tertiary/aromatic N) is 9. The Bertz CT molecular complexity index is 2970. The number of hydrogen-bond donors (Lipinski definition) is 23. The predicted octanol–water partition coefficient (Wildman–Crippen LogP) is -8.20. The molecule has 0 aliphatic carbocycles. The number of nitrogens with two attached hydrogens (primary N) is 18. The zero-order chi connectivity index (χ0) is 78.0. The minimum Gasteiger partial charge on any atom is -0.370 e. The second-order valence-corrected chi connectivity index (χ2v) is 24.6. The summed E-state index contributed by atoms with van der Waals surface area (Å²) in [5, 5.41) is 13.8. The Morgan fingerprint density at radius 3 is 0.553 bits per heavy atom. The Balaban J connectivity index is 7.87. The number of Topliss-reactive ketones (excluding diaryl/α,β-unsaturated/α-hetero) is 5. The van der Waals surface area contributed by atoms with Crippen LogP contribution in [0.3, 0.4) is 0 Å². The van der Waals surface area contributed by atoms with Gasteiger partial charge in [0.2, 0.25) is 29.5 Å². The number of aliphatic imine (C=N–C) groups is 9. The van der Waals surface area contributed by atoms with E-state index in [0.717, 1.165) is 0 Å². The average Bonchev–Trinajstić information content (AvgIpc) is 0.866. The molecule has 582 valence electrons. The fourth-order valence-corrected chi connectivity index (χ4v) is 10.6. The highest BCUT2D eigenvalue weighted by molar-refractivity contribution is 5.98. The molecule has 0 saturated heterocycles. The van der Waals surface area contributed by atoms with Gasteiger partial charge in [-0.05, 0) is 122 Å². The van der Waals surface area contributed by atoms with E-state index in [-0.39, 0.29) is 227 Å². The molecular formula is C61H118N32O10. The molecule has 0 aromatic heterocycles. The second kappa shape index (κ2) is 53.0. The third kappa shape index (κ3) is 47.0. The van der Waals surface area contributed by atoms with Crippen LogP contribution in [0.4, 0.5) is 0 Å². The van der Waals surface area contributed by atoms with E-state index >= 15 is 4.79 Å². The summed E-state index contributed by atoms with van der Waals surface area (Å²) in [7, 11) is 0. The lowest BCUT2D eigenvalue weighted by molar-refractivity contribution is -0.136. The van der Waals surface area contributed by atoms with E-state index in [4.69, 9.17) is 103 Å². The number of guanidine groups is 9. The molecule has 0 bridgehead atoms. The van der Waals surface area contributed by atoms with Crippen molar-refractivity contribution in [3.05, 3.63) is 0 Å². The van der Waals surface area contributed by atoms with Gasteiger partial charge in [-0.3, -0.25) is 92.9 Å². The molecular weight excluding hydrogens is 1340 g/mol. The van der Waals surface area contributed by atoms with E-state index in [1.807, 2.05) is 0 Å². The van der Waals surface area contributed by atoms with Crippen molar-refractivity contribution in [1.29, 1.82) is 0 Å². The molecule has 42 heteroatoms. The molecule has 5 amide bonds. The van der Waals surface area contributed by atoms with Crippen molar-refractivity contribution in [1.82, 2.24) is 26.6 Å². The largest absolute Gasteiger partial charge is 0.370 e. The van der Waals surface area contributed by atoms with Gasteiger partial charge in [0, 0.05) is 115 Å². The van der Waals surface area contributed by atoms with E-state index < -0.39 is 132 Å². The van der Waals surface area contributed by atoms with Crippen molar-refractivity contribution in [3.8, 4) is 0 Å². The van der Waals surface area contributed by atoms with Crippen LogP contribution in [0.2, 0.25) is 0 Å². The summed E-state index contributed by atoms with van der Waals surface area (Å²) in [6.45, 7) is 2.95. The summed E-state index contributed by atoms with van der Waals surface area (Å²) >= 11 is 0. The van der Waals surface area contributed by atoms with Crippen molar-refractivity contribution >= 4 is 112 Å². The lowest BCUT2D eigenvalue weighted by Crippen LogP contribution is -2.49. The summed E-state index contributed by atoms with van der Waals surface area (Å²) < 4.78 is 0. The molecule has 0 fully saturated rings. The van der Waals surface area contributed by atoms with Gasteiger partial charge in [-0.1, -0.05) is 0 Å². The molecule has 0 aliphatic heterocycles. The molecule has 0 aliphatic rings. The maximum absolute atomic E-state index is 15.0. The van der Waals surface area contributed by atoms with Gasteiger partial charge in [0.1, 0.15) is 0 Å². The first-order valence-corrected chi connectivity index (χ1v) is 34.1. The van der Waals surface area contributed by atoms with Gasteiger partial charge in [0.05, 0.1) is 30.2 Å². The number of hydrogen-bond acceptors (Lipinski definition) is 19. The van der Waals surface area contributed by atoms with Crippen LogP contribution in [0.25, 0.3) is 0 Å². The summed E-state index contributed by atoms with van der Waals surface area (Å²) in [6, 6.07) is -6.11. The first kappa shape index (κ1) is 92.1. The Hall–Kier alpha value is -10.9. The predicted molar refractivity (Wildman–Crippen MR) is 398 cm³/mol. The van der Waals surface area contributed by atoms with Crippen molar-refractivity contribution in [2.24, 2.45) is 172 Å². The van der Waals surface area contributed by atoms with Gasteiger partial charge < -0.3 is 130 Å². The van der Waals surface area contributed by atoms with Gasteiger partial charge >= 0.3 is 0 Å². The van der Waals surface area contributed by atoms with E-state index in [0.29, 0.717) is 6.42 Å². The minimum absolute atomic E-state index is 0.00258. The van der Waals surface area contributed by atoms with Crippen molar-refractivity contribution in [2.45, 2.75) is 185 Å². The summed E-state index contributed by atoms with van der Waals surface area (Å²) in [5.74, 6) is -13.1. The third-order valence-electron chi connectivity index (χ3n) is 15.7. The number of carbonyl (C=O) groups is 10. The van der Waals surface area contributed by atoms with Crippen molar-refractivity contribution < 1.29 is 47.9 Å². The molecule has 0 unspecified atom stereocenters. The van der Waals surface area contributed by atoms with Crippen LogP contribution in [-0.2, 0) is 47.9 Å². The topological polar surface area (TPSA) is 810 Å². The lowest BCUT2D eigenvalue weighted by atomic mass is 9.88. The van der Waals surface area contributed by atoms with E-state index in [2.05, 4.69) is 71.5 Å². The van der Waals surface area contributed by atoms with Crippen LogP contribution in [0.1, 0.15) is 155 Å². The van der Waals surface area contributed by atoms with Crippen LogP contribution >= 0.6 is 0 Å². The van der Waals surface area contributed by atoms with Gasteiger partial charge in [0.25, 0.3) is 0 Å². The normalized spacial score (nSPS) is 13.3. The van der Waals surface area contributed by atoms with E-state index in [9.17, 15) is 43.2 Å². The monoisotopic (exact) mass is 1460 g/mol. The second-order valence-electron chi connectivity index (χ2n) is 24.6. The van der Waals surface area contributed by atoms with Crippen LogP contribution in [-0.4, -0.2) is 201 Å². The zero-order valence-corrected chi connectivity index (χ0v) is 59.6. The molecule has 0 heterocycles. The first-order valence-electron chi connectivity index (χ1n) is 34.1. The summed E-state index contributed by atoms with van der Waals surface area (Å²) in [4.78, 5) is 178. The van der Waals surface area contributed by atoms with Crippen LogP contribution in [0.15, 0.2) is 44.9 Å². The van der Waals surface area contributed by atoms with Crippen LogP contribution < -0.4 is 130 Å². The summed E-state index contributed by atoms with van der Waals surface area (Å²) in [5.41, 5.74) is 100. The Kier molecular flexibility index (Phi) is 47.5. The average molecular weight is 1460 g/mol. The molecule has 0 aromatic carbocycles. The van der Waals surface area contributed by atoms with Crippen LogP contribution in [0, 0.1) is 23.7 Å². The third-order valence-corrected chi connectivity index (χ3v) is 15.7. The molecule has 103 heavy (non-hydrogen) atoms. The van der Waals surface area contributed by atoms with Crippen molar-refractivity contribution in [2.75, 3.05) is 58.9 Å². The molecule has 41 N–H and O–H groups in total. The molecule has 0 radical (unpaired) electrons. The summed E-state index contributed by atoms with van der Waals surface area (Å²) in [6.07, 6.45) is -0.513. The highest BCUT2D eigenvalue weighted by atomic mass is 16.2. The van der Waals surface area contributed by atoms with Gasteiger partial charge in [-0.15, -0.1) is 0 Å². The van der Waals surface area contributed by atoms with E-state index in [1.165, 1.54) is 13.8 Å². The molecule has 0 aromatic rings. The number of nitrogens with one attached hydrogen (secondary N) is 5. The van der Waals surface area contributed by atoms with Gasteiger partial charge in [0.15, 0.2) is 82.6 Å².